The lowest BCUT2D eigenvalue weighted by Gasteiger charge is -2.33. The molecule has 3 N–H and O–H groups in total. The van der Waals surface area contributed by atoms with Gasteiger partial charge in [-0.25, -0.2) is 41.9 Å². The van der Waals surface area contributed by atoms with Gasteiger partial charge in [0.25, 0.3) is 5.56 Å². The second-order valence-corrected chi connectivity index (χ2v) is 17.1. The molecule has 2 fully saturated rings. The highest BCUT2D eigenvalue weighted by atomic mass is 32.2. The van der Waals surface area contributed by atoms with E-state index < -0.39 is 10.0 Å². The normalized spacial score (nSPS) is 15.0. The number of rotatable bonds is 12. The van der Waals surface area contributed by atoms with Crippen molar-refractivity contribution in [1.82, 2.24) is 53.5 Å². The zero-order chi connectivity index (χ0) is 42.8. The van der Waals surface area contributed by atoms with E-state index in [2.05, 4.69) is 46.9 Å². The number of hydrogen-bond donors (Lipinski definition) is 2. The second kappa shape index (κ2) is 17.5. The molecule has 18 heteroatoms. The number of nitrogens with two attached hydrogens (primary N) is 1. The van der Waals surface area contributed by atoms with Gasteiger partial charge in [-0.05, 0) is 82.0 Å². The van der Waals surface area contributed by atoms with Crippen LogP contribution in [-0.4, -0.2) is 101 Å². The zero-order valence-corrected chi connectivity index (χ0v) is 35.5. The fourth-order valence-electron chi connectivity index (χ4n) is 7.61. The van der Waals surface area contributed by atoms with E-state index in [1.807, 2.05) is 26.0 Å². The zero-order valence-electron chi connectivity index (χ0n) is 34.7. The molecule has 9 rings (SSSR count). The molecule has 1 aliphatic carbocycles. The van der Waals surface area contributed by atoms with Crippen LogP contribution in [0, 0.1) is 12.7 Å². The number of hydrogen-bond acceptors (Lipinski definition) is 12. The molecule has 2 aliphatic rings. The van der Waals surface area contributed by atoms with Crippen molar-refractivity contribution < 1.29 is 17.5 Å². The average molecular weight is 849 g/mol. The van der Waals surface area contributed by atoms with Crippen LogP contribution in [0.3, 0.4) is 0 Å². The Balaban J connectivity index is 0.000000172. The number of aromatic nitrogens is 9. The average Bonchev–Trinajstić information content (AvgIpc) is 3.97. The van der Waals surface area contributed by atoms with Crippen molar-refractivity contribution in [3.63, 3.8) is 0 Å². The molecule has 7 aromatic rings. The number of nitrogen functional groups attached to an aromatic ring is 1. The van der Waals surface area contributed by atoms with Gasteiger partial charge < -0.3 is 20.4 Å². The number of imidazole rings is 1. The van der Waals surface area contributed by atoms with Crippen LogP contribution in [0.1, 0.15) is 68.6 Å². The van der Waals surface area contributed by atoms with Gasteiger partial charge in [0.05, 0.1) is 34.7 Å². The van der Waals surface area contributed by atoms with Crippen LogP contribution in [0.25, 0.3) is 39.5 Å². The van der Waals surface area contributed by atoms with Crippen LogP contribution in [-0.2, 0) is 23.0 Å². The molecule has 318 valence electrons. The number of pyridine rings is 1. The summed E-state index contributed by atoms with van der Waals surface area (Å²) < 4.78 is 51.4. The van der Waals surface area contributed by atoms with Gasteiger partial charge in [-0.2, -0.15) is 9.40 Å². The quantitative estimate of drug-likeness (QED) is 0.155. The molecule has 16 nitrogen and oxygen atoms in total. The van der Waals surface area contributed by atoms with Gasteiger partial charge in [-0.1, -0.05) is 32.0 Å². The van der Waals surface area contributed by atoms with Gasteiger partial charge in [-0.3, -0.25) is 4.79 Å². The molecule has 5 aromatic heterocycles. The number of aryl methyl sites for hydroxylation is 2. The third kappa shape index (κ3) is 8.47. The second-order valence-electron chi connectivity index (χ2n) is 15.1. The first-order valence-corrected chi connectivity index (χ1v) is 22.1. The van der Waals surface area contributed by atoms with Crippen LogP contribution >= 0.6 is 0 Å². The number of sulfonamides is 1. The van der Waals surface area contributed by atoms with Gasteiger partial charge in [-0.15, -0.1) is 5.10 Å². The standard InChI is InChI=1S/C23H32N6O4S.C20H17FN6/c1-5-8-20-24-16(4)21-23(30)25-22(26-29(20)21)18-15-17(9-10-19(18)33-7-3)34(31,32)28-13-11-27(6-2)12-14-28;21-16-6-2-1-4-13(16)11-27-20-14(5-3-9-23-20)17(26-27)19-24-10-15(12-7-8-12)18(22)25-19/h9-10,15H,5-8,11-14H2,1-4H3,(H,25,26,30);1-6,9-10,12H,7-8,11H2,(H2,22,24,25). The Kier molecular flexibility index (Phi) is 11.9. The summed E-state index contributed by atoms with van der Waals surface area (Å²) in [6.45, 7) is 11.6. The molecule has 0 atom stereocenters. The SMILES string of the molecule is CCCc1nc(C)c2c(=O)[nH]c(-c3cc(S(=O)(=O)N4CCN(CC)CC4)ccc3OCC)nn12.Nc1nc(-c2nn(Cc3ccccc3F)c3ncccc23)ncc1C1CC1. The third-order valence-corrected chi connectivity index (χ3v) is 12.9. The van der Waals surface area contributed by atoms with E-state index in [4.69, 9.17) is 10.5 Å². The van der Waals surface area contributed by atoms with E-state index in [1.165, 1.54) is 10.4 Å². The van der Waals surface area contributed by atoms with Crippen molar-refractivity contribution in [1.29, 1.82) is 0 Å². The predicted octanol–water partition coefficient (Wildman–Crippen LogP) is 5.61. The molecule has 1 aliphatic heterocycles. The summed E-state index contributed by atoms with van der Waals surface area (Å²) in [4.78, 5) is 36.0. The summed E-state index contributed by atoms with van der Waals surface area (Å²) in [5, 5.41) is 10.1. The van der Waals surface area contributed by atoms with Crippen molar-refractivity contribution in [2.24, 2.45) is 0 Å². The molecule has 0 unspecified atom stereocenters. The minimum Gasteiger partial charge on any atom is -0.493 e. The van der Waals surface area contributed by atoms with Gasteiger partial charge in [0.15, 0.2) is 22.8 Å². The topological polar surface area (TPSA) is 195 Å². The van der Waals surface area contributed by atoms with E-state index in [0.717, 1.165) is 36.8 Å². The van der Waals surface area contributed by atoms with Gasteiger partial charge in [0, 0.05) is 56.1 Å². The first-order chi connectivity index (χ1) is 29.5. The Morgan fingerprint density at radius 3 is 2.46 bits per heavy atom. The Morgan fingerprint density at radius 1 is 0.967 bits per heavy atom. The van der Waals surface area contributed by atoms with Crippen LogP contribution < -0.4 is 16.0 Å². The summed E-state index contributed by atoms with van der Waals surface area (Å²) >= 11 is 0. The minimum atomic E-state index is -3.71. The molecule has 1 saturated heterocycles. The fourth-order valence-corrected chi connectivity index (χ4v) is 9.06. The van der Waals surface area contributed by atoms with Crippen LogP contribution in [0.5, 0.6) is 5.75 Å². The monoisotopic (exact) mass is 848 g/mol. The van der Waals surface area contributed by atoms with Crippen LogP contribution in [0.4, 0.5) is 10.2 Å². The lowest BCUT2D eigenvalue weighted by atomic mass is 10.2. The fraction of sp³-hybridized carbons (Fsp3) is 0.372. The number of nitrogens with one attached hydrogen (secondary N) is 1. The van der Waals surface area contributed by atoms with E-state index >= 15 is 0 Å². The number of nitrogens with zero attached hydrogens (tertiary/aromatic N) is 10. The summed E-state index contributed by atoms with van der Waals surface area (Å²) in [7, 11) is -3.71. The molecule has 0 spiro atoms. The maximum Gasteiger partial charge on any atom is 0.277 e. The number of fused-ring (bicyclic) bond motifs is 2. The Labute approximate surface area is 352 Å². The Morgan fingerprint density at radius 2 is 1.75 bits per heavy atom. The predicted molar refractivity (Wildman–Crippen MR) is 230 cm³/mol. The molecular weight excluding hydrogens is 800 g/mol. The first kappa shape index (κ1) is 41.6. The van der Waals surface area contributed by atoms with Gasteiger partial charge in [0.2, 0.25) is 10.0 Å². The number of aromatic amines is 1. The number of anilines is 1. The Bertz CT molecular complexity index is 2880. The van der Waals surface area contributed by atoms with E-state index in [9.17, 15) is 17.6 Å². The van der Waals surface area contributed by atoms with Gasteiger partial charge >= 0.3 is 0 Å². The van der Waals surface area contributed by atoms with E-state index in [0.29, 0.717) is 102 Å². The number of piperazine rings is 1. The molecule has 1 saturated carbocycles. The summed E-state index contributed by atoms with van der Waals surface area (Å²) in [5.74, 6) is 2.56. The van der Waals surface area contributed by atoms with Crippen LogP contribution in [0.15, 0.2) is 76.7 Å². The summed E-state index contributed by atoms with van der Waals surface area (Å²) in [5.41, 5.74) is 10.0. The Hall–Kier alpha value is -6.11. The van der Waals surface area contributed by atoms with Crippen molar-refractivity contribution in [3.8, 4) is 28.7 Å². The molecule has 0 amide bonds. The maximum atomic E-state index is 14.1. The highest BCUT2D eigenvalue weighted by molar-refractivity contribution is 7.89. The number of halogens is 1. The minimum absolute atomic E-state index is 0.147. The molecule has 6 heterocycles. The van der Waals surface area contributed by atoms with Crippen molar-refractivity contribution >= 4 is 32.4 Å². The third-order valence-electron chi connectivity index (χ3n) is 11.0. The van der Waals surface area contributed by atoms with E-state index in [-0.39, 0.29) is 28.6 Å². The van der Waals surface area contributed by atoms with Crippen molar-refractivity contribution in [3.05, 3.63) is 106 Å². The number of ether oxygens (including phenoxy) is 1. The summed E-state index contributed by atoms with van der Waals surface area (Å²) in [6, 6.07) is 15.1. The maximum absolute atomic E-state index is 14.1. The lowest BCUT2D eigenvalue weighted by Crippen LogP contribution is -2.48. The number of likely N-dealkylation sites (N-methyl/N-ethyl adjacent to an activating group) is 1. The smallest absolute Gasteiger partial charge is 0.277 e. The highest BCUT2D eigenvalue weighted by Crippen LogP contribution is 2.42. The number of benzene rings is 2. The van der Waals surface area contributed by atoms with E-state index in [1.54, 1.807) is 64.9 Å². The van der Waals surface area contributed by atoms with Crippen molar-refractivity contribution in [2.75, 3.05) is 45.1 Å². The molecule has 0 radical (unpaired) electrons. The molecule has 2 aromatic carbocycles. The molecule has 61 heavy (non-hydrogen) atoms. The first-order valence-electron chi connectivity index (χ1n) is 20.7. The lowest BCUT2D eigenvalue weighted by molar-refractivity contribution is 0.196. The summed E-state index contributed by atoms with van der Waals surface area (Å²) in [6.07, 6.45) is 7.28. The molecular formula is C43H49FN12O4S. The largest absolute Gasteiger partial charge is 0.493 e. The van der Waals surface area contributed by atoms with Gasteiger partial charge in [0.1, 0.15) is 28.9 Å². The van der Waals surface area contributed by atoms with Crippen LogP contribution in [0.2, 0.25) is 0 Å². The van der Waals surface area contributed by atoms with Crippen molar-refractivity contribution in [2.45, 2.75) is 70.7 Å². The highest BCUT2D eigenvalue weighted by Gasteiger charge is 2.30. The molecule has 0 bridgehead atoms. The number of H-pyrrole nitrogens is 1.